The monoisotopic (exact) mass is 411 g/mol. The van der Waals surface area contributed by atoms with Crippen LogP contribution in [0.1, 0.15) is 48.7 Å². The number of thiocarbonyl (C=S) groups is 1. The van der Waals surface area contributed by atoms with E-state index in [1.807, 2.05) is 47.4 Å². The molecule has 0 aliphatic rings. The van der Waals surface area contributed by atoms with Crippen molar-refractivity contribution in [3.63, 3.8) is 0 Å². The van der Waals surface area contributed by atoms with Crippen LogP contribution in [0.2, 0.25) is 0 Å². The summed E-state index contributed by atoms with van der Waals surface area (Å²) in [4.78, 5) is 25.7. The van der Waals surface area contributed by atoms with E-state index < -0.39 is 5.91 Å². The lowest BCUT2D eigenvalue weighted by atomic mass is 9.87. The SMILES string of the molecule is CC(C)(C)c1ccc(C(=O)NC(=S)N(CCC(N)=O)CCc2ccccc2)cc1. The fraction of sp³-hybridized carbons (Fsp3) is 0.348. The summed E-state index contributed by atoms with van der Waals surface area (Å²) in [5.41, 5.74) is 8.17. The first-order valence-electron chi connectivity index (χ1n) is 9.70. The highest BCUT2D eigenvalue weighted by atomic mass is 32.1. The Bertz CT molecular complexity index is 843. The van der Waals surface area contributed by atoms with Crippen LogP contribution in [0.25, 0.3) is 0 Å². The third kappa shape index (κ3) is 7.31. The molecule has 0 bridgehead atoms. The first-order chi connectivity index (χ1) is 13.7. The van der Waals surface area contributed by atoms with Crippen LogP contribution < -0.4 is 11.1 Å². The quantitative estimate of drug-likeness (QED) is 0.685. The summed E-state index contributed by atoms with van der Waals surface area (Å²) in [6, 6.07) is 17.5. The molecule has 3 N–H and O–H groups in total. The third-order valence-electron chi connectivity index (χ3n) is 4.66. The second kappa shape index (κ2) is 10.2. The van der Waals surface area contributed by atoms with Crippen molar-refractivity contribution in [3.05, 3.63) is 71.3 Å². The van der Waals surface area contributed by atoms with Crippen LogP contribution >= 0.6 is 12.2 Å². The van der Waals surface area contributed by atoms with Crippen molar-refractivity contribution < 1.29 is 9.59 Å². The molecule has 29 heavy (non-hydrogen) atoms. The number of rotatable bonds is 7. The van der Waals surface area contributed by atoms with E-state index >= 15 is 0 Å². The van der Waals surface area contributed by atoms with Gasteiger partial charge in [0.2, 0.25) is 5.91 Å². The van der Waals surface area contributed by atoms with Crippen LogP contribution in [-0.2, 0) is 16.6 Å². The smallest absolute Gasteiger partial charge is 0.257 e. The average molecular weight is 412 g/mol. The molecule has 2 rings (SSSR count). The zero-order valence-electron chi connectivity index (χ0n) is 17.3. The van der Waals surface area contributed by atoms with Gasteiger partial charge in [0, 0.05) is 25.1 Å². The molecule has 0 fully saturated rings. The normalized spacial score (nSPS) is 11.0. The van der Waals surface area contributed by atoms with Gasteiger partial charge in [-0.1, -0.05) is 63.2 Å². The molecule has 5 nitrogen and oxygen atoms in total. The number of carbonyl (C=O) groups is 2. The summed E-state index contributed by atoms with van der Waals surface area (Å²) in [6.45, 7) is 7.32. The molecule has 2 amide bonds. The zero-order valence-corrected chi connectivity index (χ0v) is 18.1. The molecule has 0 spiro atoms. The summed E-state index contributed by atoms with van der Waals surface area (Å²) in [7, 11) is 0. The van der Waals surface area contributed by atoms with Gasteiger partial charge >= 0.3 is 0 Å². The number of benzene rings is 2. The van der Waals surface area contributed by atoms with Gasteiger partial charge in [0.05, 0.1) is 0 Å². The molecule has 0 aromatic heterocycles. The van der Waals surface area contributed by atoms with Gasteiger partial charge in [-0.3, -0.25) is 14.9 Å². The Morgan fingerprint density at radius 1 is 1.00 bits per heavy atom. The van der Waals surface area contributed by atoms with E-state index in [-0.39, 0.29) is 17.7 Å². The lowest BCUT2D eigenvalue weighted by Crippen LogP contribution is -2.44. The van der Waals surface area contributed by atoms with Gasteiger partial charge < -0.3 is 10.6 Å². The molecule has 0 radical (unpaired) electrons. The van der Waals surface area contributed by atoms with Crippen molar-refractivity contribution in [1.82, 2.24) is 10.2 Å². The van der Waals surface area contributed by atoms with Crippen LogP contribution in [0.4, 0.5) is 0 Å². The number of carbonyl (C=O) groups excluding carboxylic acids is 2. The molecule has 0 saturated carbocycles. The Kier molecular flexibility index (Phi) is 7.91. The number of nitrogens with zero attached hydrogens (tertiary/aromatic N) is 1. The number of amides is 2. The summed E-state index contributed by atoms with van der Waals surface area (Å²) < 4.78 is 0. The number of hydrogen-bond donors (Lipinski definition) is 2. The van der Waals surface area contributed by atoms with E-state index in [0.717, 1.165) is 17.5 Å². The number of primary amides is 1. The van der Waals surface area contributed by atoms with E-state index in [1.165, 1.54) is 0 Å². The average Bonchev–Trinajstić information content (AvgIpc) is 2.68. The molecule has 154 valence electrons. The van der Waals surface area contributed by atoms with Crippen molar-refractivity contribution in [2.24, 2.45) is 5.73 Å². The molecule has 6 heteroatoms. The van der Waals surface area contributed by atoms with Crippen molar-refractivity contribution in [1.29, 1.82) is 0 Å². The molecule has 0 unspecified atom stereocenters. The van der Waals surface area contributed by atoms with Crippen LogP contribution in [0.3, 0.4) is 0 Å². The minimum absolute atomic E-state index is 0.0211. The summed E-state index contributed by atoms with van der Waals surface area (Å²) in [5.74, 6) is -0.666. The first-order valence-corrected chi connectivity index (χ1v) is 10.1. The van der Waals surface area contributed by atoms with E-state index in [9.17, 15) is 9.59 Å². The minimum Gasteiger partial charge on any atom is -0.370 e. The maximum atomic E-state index is 12.6. The van der Waals surface area contributed by atoms with Gasteiger partial charge in [-0.05, 0) is 47.3 Å². The first kappa shape index (κ1) is 22.6. The van der Waals surface area contributed by atoms with E-state index in [1.54, 1.807) is 12.1 Å². The summed E-state index contributed by atoms with van der Waals surface area (Å²) in [6.07, 6.45) is 0.918. The maximum absolute atomic E-state index is 12.6. The molecule has 0 heterocycles. The van der Waals surface area contributed by atoms with Crippen molar-refractivity contribution in [2.45, 2.75) is 39.0 Å². The van der Waals surface area contributed by atoms with Gasteiger partial charge in [0.25, 0.3) is 5.91 Å². The highest BCUT2D eigenvalue weighted by molar-refractivity contribution is 7.80. The maximum Gasteiger partial charge on any atom is 0.257 e. The topological polar surface area (TPSA) is 75.4 Å². The largest absolute Gasteiger partial charge is 0.370 e. The molecule has 0 aliphatic heterocycles. The van der Waals surface area contributed by atoms with Gasteiger partial charge in [0.1, 0.15) is 0 Å². The predicted octanol–water partition coefficient (Wildman–Crippen LogP) is 3.42. The van der Waals surface area contributed by atoms with Gasteiger partial charge in [-0.25, -0.2) is 0 Å². The molecule has 2 aromatic rings. The molecule has 0 atom stereocenters. The van der Waals surface area contributed by atoms with Crippen LogP contribution in [0.5, 0.6) is 0 Å². The van der Waals surface area contributed by atoms with Gasteiger partial charge in [-0.2, -0.15) is 0 Å². The number of hydrogen-bond acceptors (Lipinski definition) is 3. The lowest BCUT2D eigenvalue weighted by Gasteiger charge is -2.25. The zero-order chi connectivity index (χ0) is 21.4. The fourth-order valence-corrected chi connectivity index (χ4v) is 3.11. The Morgan fingerprint density at radius 3 is 2.17 bits per heavy atom. The molecule has 0 aliphatic carbocycles. The van der Waals surface area contributed by atoms with Gasteiger partial charge in [-0.15, -0.1) is 0 Å². The highest BCUT2D eigenvalue weighted by Gasteiger charge is 2.17. The van der Waals surface area contributed by atoms with E-state index in [0.29, 0.717) is 23.8 Å². The Morgan fingerprint density at radius 2 is 1.62 bits per heavy atom. The van der Waals surface area contributed by atoms with Crippen LogP contribution in [0, 0.1) is 0 Å². The minimum atomic E-state index is -0.401. The number of nitrogens with two attached hydrogens (primary N) is 1. The Balaban J connectivity index is 2.03. The predicted molar refractivity (Wildman–Crippen MR) is 121 cm³/mol. The summed E-state index contributed by atoms with van der Waals surface area (Å²) in [5, 5.41) is 3.08. The second-order valence-corrected chi connectivity index (χ2v) is 8.41. The molecule has 2 aromatic carbocycles. The van der Waals surface area contributed by atoms with Crippen LogP contribution in [0.15, 0.2) is 54.6 Å². The summed E-state index contributed by atoms with van der Waals surface area (Å²) >= 11 is 5.45. The lowest BCUT2D eigenvalue weighted by molar-refractivity contribution is -0.118. The molecular weight excluding hydrogens is 382 g/mol. The van der Waals surface area contributed by atoms with Crippen molar-refractivity contribution in [3.8, 4) is 0 Å². The van der Waals surface area contributed by atoms with Crippen molar-refractivity contribution in [2.75, 3.05) is 13.1 Å². The van der Waals surface area contributed by atoms with Crippen molar-refractivity contribution >= 4 is 29.1 Å². The van der Waals surface area contributed by atoms with E-state index in [2.05, 4.69) is 26.1 Å². The standard InChI is InChI=1S/C23H29N3O2S/c1-23(2,3)19-11-9-18(10-12-19)21(28)25-22(29)26(16-14-20(24)27)15-13-17-7-5-4-6-8-17/h4-12H,13-16H2,1-3H3,(H2,24,27)(H,25,28,29). The highest BCUT2D eigenvalue weighted by Crippen LogP contribution is 2.22. The number of nitrogens with one attached hydrogen (secondary N) is 1. The Hall–Kier alpha value is -2.73. The van der Waals surface area contributed by atoms with Gasteiger partial charge in [0.15, 0.2) is 5.11 Å². The second-order valence-electron chi connectivity index (χ2n) is 8.03. The Labute approximate surface area is 178 Å². The fourth-order valence-electron chi connectivity index (χ4n) is 2.84. The third-order valence-corrected chi connectivity index (χ3v) is 5.02. The molecule has 0 saturated heterocycles. The van der Waals surface area contributed by atoms with E-state index in [4.69, 9.17) is 18.0 Å². The molecular formula is C23H29N3O2S. The van der Waals surface area contributed by atoms with Crippen LogP contribution in [-0.4, -0.2) is 34.9 Å².